The van der Waals surface area contributed by atoms with Gasteiger partial charge in [0.2, 0.25) is 0 Å². The number of nitrogens with one attached hydrogen (secondary N) is 1. The molecule has 20 heavy (non-hydrogen) atoms. The Morgan fingerprint density at radius 1 is 1.60 bits per heavy atom. The van der Waals surface area contributed by atoms with E-state index in [1.165, 1.54) is 11.3 Å². The molecule has 0 saturated carbocycles. The predicted molar refractivity (Wildman–Crippen MR) is 80.9 cm³/mol. The summed E-state index contributed by atoms with van der Waals surface area (Å²) in [6.45, 7) is 4.38. The van der Waals surface area contributed by atoms with Crippen molar-refractivity contribution in [3.05, 3.63) is 16.1 Å². The number of carbonyl (C=O) groups excluding carboxylic acids is 1. The van der Waals surface area contributed by atoms with Gasteiger partial charge in [-0.1, -0.05) is 0 Å². The largest absolute Gasteiger partial charge is 0.377 e. The van der Waals surface area contributed by atoms with Crippen LogP contribution in [-0.2, 0) is 11.3 Å². The van der Waals surface area contributed by atoms with Crippen molar-refractivity contribution in [2.24, 2.45) is 5.73 Å². The number of hydrogen-bond donors (Lipinski definition) is 2. The molecule has 0 fully saturated rings. The standard InChI is InChI=1S/C13H24N4O2S/c1-4-19-10(5-6-17(2)3)8-15-13(18)11-9-20-12(7-14)16-11/h9-10H,4-8,14H2,1-3H3,(H,15,18). The van der Waals surface area contributed by atoms with E-state index in [2.05, 4.69) is 15.2 Å². The molecule has 0 spiro atoms. The Morgan fingerprint density at radius 3 is 2.90 bits per heavy atom. The summed E-state index contributed by atoms with van der Waals surface area (Å²) in [5, 5.41) is 5.36. The first-order valence-corrected chi connectivity index (χ1v) is 7.63. The van der Waals surface area contributed by atoms with Crippen LogP contribution in [0.4, 0.5) is 0 Å². The van der Waals surface area contributed by atoms with Crippen molar-refractivity contribution in [1.29, 1.82) is 0 Å². The molecule has 1 aromatic rings. The van der Waals surface area contributed by atoms with Crippen LogP contribution in [0.3, 0.4) is 0 Å². The van der Waals surface area contributed by atoms with Crippen molar-refractivity contribution < 1.29 is 9.53 Å². The number of amides is 1. The smallest absolute Gasteiger partial charge is 0.270 e. The average molecular weight is 300 g/mol. The van der Waals surface area contributed by atoms with Crippen LogP contribution in [0.2, 0.25) is 0 Å². The molecule has 0 saturated heterocycles. The summed E-state index contributed by atoms with van der Waals surface area (Å²) in [6.07, 6.45) is 0.908. The first kappa shape index (κ1) is 17.0. The van der Waals surface area contributed by atoms with Gasteiger partial charge in [0.15, 0.2) is 0 Å². The molecule has 7 heteroatoms. The van der Waals surface area contributed by atoms with Gasteiger partial charge in [0.25, 0.3) is 5.91 Å². The highest BCUT2D eigenvalue weighted by molar-refractivity contribution is 7.09. The number of thiazole rings is 1. The van der Waals surface area contributed by atoms with Gasteiger partial charge in [-0.25, -0.2) is 4.98 Å². The van der Waals surface area contributed by atoms with Crippen LogP contribution in [0.1, 0.15) is 28.8 Å². The van der Waals surface area contributed by atoms with Crippen molar-refractivity contribution in [3.63, 3.8) is 0 Å². The summed E-state index contributed by atoms with van der Waals surface area (Å²) < 4.78 is 5.63. The van der Waals surface area contributed by atoms with E-state index in [4.69, 9.17) is 10.5 Å². The lowest BCUT2D eigenvalue weighted by Crippen LogP contribution is -2.35. The average Bonchev–Trinajstić information content (AvgIpc) is 2.90. The highest BCUT2D eigenvalue weighted by atomic mass is 32.1. The van der Waals surface area contributed by atoms with Crippen LogP contribution < -0.4 is 11.1 Å². The summed E-state index contributed by atoms with van der Waals surface area (Å²) in [7, 11) is 4.04. The first-order chi connectivity index (χ1) is 9.56. The van der Waals surface area contributed by atoms with E-state index < -0.39 is 0 Å². The van der Waals surface area contributed by atoms with E-state index in [0.717, 1.165) is 18.0 Å². The van der Waals surface area contributed by atoms with Gasteiger partial charge in [-0.05, 0) is 27.4 Å². The molecular weight excluding hydrogens is 276 g/mol. The third-order valence-electron chi connectivity index (χ3n) is 2.75. The van der Waals surface area contributed by atoms with Crippen molar-refractivity contribution in [2.75, 3.05) is 33.8 Å². The molecule has 0 aliphatic carbocycles. The van der Waals surface area contributed by atoms with Gasteiger partial charge < -0.3 is 20.7 Å². The lowest BCUT2D eigenvalue weighted by molar-refractivity contribution is 0.0495. The fourth-order valence-corrected chi connectivity index (χ4v) is 2.34. The molecule has 1 unspecified atom stereocenters. The lowest BCUT2D eigenvalue weighted by atomic mass is 10.2. The quantitative estimate of drug-likeness (QED) is 0.701. The summed E-state index contributed by atoms with van der Waals surface area (Å²) in [5.74, 6) is -0.171. The van der Waals surface area contributed by atoms with Crippen LogP contribution in [0.25, 0.3) is 0 Å². The van der Waals surface area contributed by atoms with Crippen LogP contribution >= 0.6 is 11.3 Å². The van der Waals surface area contributed by atoms with Gasteiger partial charge >= 0.3 is 0 Å². The molecule has 3 N–H and O–H groups in total. The minimum absolute atomic E-state index is 0.0268. The highest BCUT2D eigenvalue weighted by Crippen LogP contribution is 2.08. The molecule has 0 aromatic carbocycles. The fraction of sp³-hybridized carbons (Fsp3) is 0.692. The maximum absolute atomic E-state index is 11.9. The van der Waals surface area contributed by atoms with E-state index in [1.807, 2.05) is 21.0 Å². The summed E-state index contributed by atoms with van der Waals surface area (Å²) in [5.41, 5.74) is 5.91. The Balaban J connectivity index is 2.43. The van der Waals surface area contributed by atoms with Gasteiger partial charge in [0.05, 0.1) is 6.10 Å². The number of ether oxygens (including phenoxy) is 1. The number of nitrogens with two attached hydrogens (primary N) is 1. The molecule has 114 valence electrons. The van der Waals surface area contributed by atoms with Crippen LogP contribution in [0.5, 0.6) is 0 Å². The van der Waals surface area contributed by atoms with E-state index in [0.29, 0.717) is 25.4 Å². The molecule has 0 aliphatic rings. The molecule has 1 aromatic heterocycles. The SMILES string of the molecule is CCOC(CCN(C)C)CNC(=O)c1csc(CN)n1. The Bertz CT molecular complexity index is 409. The van der Waals surface area contributed by atoms with Gasteiger partial charge in [0.1, 0.15) is 10.7 Å². The molecule has 1 heterocycles. The molecule has 1 rings (SSSR count). The lowest BCUT2D eigenvalue weighted by Gasteiger charge is -2.19. The van der Waals surface area contributed by atoms with Gasteiger partial charge in [-0.2, -0.15) is 0 Å². The highest BCUT2D eigenvalue weighted by Gasteiger charge is 2.14. The van der Waals surface area contributed by atoms with E-state index in [1.54, 1.807) is 5.38 Å². The number of hydrogen-bond acceptors (Lipinski definition) is 6. The molecule has 0 aliphatic heterocycles. The number of rotatable bonds is 9. The van der Waals surface area contributed by atoms with Gasteiger partial charge in [-0.3, -0.25) is 4.79 Å². The minimum Gasteiger partial charge on any atom is -0.377 e. The van der Waals surface area contributed by atoms with Crippen LogP contribution in [0, 0.1) is 0 Å². The zero-order valence-electron chi connectivity index (χ0n) is 12.4. The van der Waals surface area contributed by atoms with Crippen LogP contribution in [-0.4, -0.2) is 55.7 Å². The normalized spacial score (nSPS) is 12.7. The van der Waals surface area contributed by atoms with Crippen molar-refractivity contribution in [1.82, 2.24) is 15.2 Å². The summed E-state index contributed by atoms with van der Waals surface area (Å²) in [4.78, 5) is 18.2. The fourth-order valence-electron chi connectivity index (χ4n) is 1.69. The topological polar surface area (TPSA) is 80.5 Å². The number of nitrogens with zero attached hydrogens (tertiary/aromatic N) is 2. The predicted octanol–water partition coefficient (Wildman–Crippen LogP) is 0.688. The second-order valence-electron chi connectivity index (χ2n) is 4.71. The number of aromatic nitrogens is 1. The second kappa shape index (κ2) is 9.02. The maximum atomic E-state index is 11.9. The molecule has 0 bridgehead atoms. The van der Waals surface area contributed by atoms with E-state index in [-0.39, 0.29) is 12.0 Å². The summed E-state index contributed by atoms with van der Waals surface area (Å²) >= 11 is 1.40. The Kier molecular flexibility index (Phi) is 7.68. The Hall–Kier alpha value is -1.02. The molecule has 0 radical (unpaired) electrons. The molecule has 1 amide bonds. The van der Waals surface area contributed by atoms with E-state index >= 15 is 0 Å². The maximum Gasteiger partial charge on any atom is 0.270 e. The minimum atomic E-state index is -0.171. The summed E-state index contributed by atoms with van der Waals surface area (Å²) in [6, 6.07) is 0. The third-order valence-corrected chi connectivity index (χ3v) is 3.62. The zero-order chi connectivity index (χ0) is 15.0. The van der Waals surface area contributed by atoms with Crippen molar-refractivity contribution in [3.8, 4) is 0 Å². The van der Waals surface area contributed by atoms with Crippen LogP contribution in [0.15, 0.2) is 5.38 Å². The van der Waals surface area contributed by atoms with E-state index in [9.17, 15) is 4.79 Å². The van der Waals surface area contributed by atoms with Crippen molar-refractivity contribution >= 4 is 17.2 Å². The monoisotopic (exact) mass is 300 g/mol. The molecule has 6 nitrogen and oxygen atoms in total. The third kappa shape index (κ3) is 5.96. The van der Waals surface area contributed by atoms with Gasteiger partial charge in [0, 0.05) is 31.6 Å². The Labute approximate surface area is 124 Å². The van der Waals surface area contributed by atoms with Crippen molar-refractivity contribution in [2.45, 2.75) is 26.0 Å². The van der Waals surface area contributed by atoms with Gasteiger partial charge in [-0.15, -0.1) is 11.3 Å². The number of carbonyl (C=O) groups is 1. The molecular formula is C13H24N4O2S. The second-order valence-corrected chi connectivity index (χ2v) is 5.65. The zero-order valence-corrected chi connectivity index (χ0v) is 13.2. The molecule has 1 atom stereocenters. The Morgan fingerprint density at radius 2 is 2.35 bits per heavy atom. The first-order valence-electron chi connectivity index (χ1n) is 6.75.